The van der Waals surface area contributed by atoms with E-state index < -0.39 is 0 Å². The molecule has 2 aliphatic heterocycles. The Hall–Kier alpha value is -3.50. The number of hydrogen-bond acceptors (Lipinski definition) is 7. The fourth-order valence-corrected chi connectivity index (χ4v) is 4.61. The van der Waals surface area contributed by atoms with Gasteiger partial charge in [0, 0.05) is 38.8 Å². The highest BCUT2D eigenvalue weighted by Crippen LogP contribution is 2.32. The molecule has 0 unspecified atom stereocenters. The third kappa shape index (κ3) is 6.38. The molecule has 10 nitrogen and oxygen atoms in total. The zero-order valence-electron chi connectivity index (χ0n) is 20.6. The fraction of sp³-hybridized carbons (Fsp3) is 0.462. The molecule has 1 aromatic heterocycles. The first-order valence-corrected chi connectivity index (χ1v) is 12.1. The Balaban J connectivity index is 1.34. The predicted molar refractivity (Wildman–Crippen MR) is 132 cm³/mol. The number of carbonyl (C=O) groups excluding carboxylic acids is 3. The molecule has 36 heavy (non-hydrogen) atoms. The van der Waals surface area contributed by atoms with Gasteiger partial charge in [-0.15, -0.1) is 0 Å². The Morgan fingerprint density at radius 3 is 2.75 bits per heavy atom. The van der Waals surface area contributed by atoms with E-state index in [0.717, 1.165) is 12.0 Å². The molecule has 3 heterocycles. The van der Waals surface area contributed by atoms with Crippen LogP contribution >= 0.6 is 0 Å². The van der Waals surface area contributed by atoms with E-state index in [1.165, 1.54) is 7.11 Å². The maximum absolute atomic E-state index is 13.3. The zero-order valence-corrected chi connectivity index (χ0v) is 20.6. The second-order valence-electron chi connectivity index (χ2n) is 9.02. The highest BCUT2D eigenvalue weighted by atomic mass is 16.5. The second kappa shape index (κ2) is 12.0. The van der Waals surface area contributed by atoms with E-state index in [1.54, 1.807) is 42.5 Å². The molecular weight excluding hydrogens is 464 g/mol. The number of likely N-dealkylation sites (N-methyl/N-ethyl adjacent to an activating group) is 1. The van der Waals surface area contributed by atoms with Crippen LogP contribution in [0.3, 0.4) is 0 Å². The summed E-state index contributed by atoms with van der Waals surface area (Å²) in [4.78, 5) is 43.3. The minimum atomic E-state index is -0.350. The quantitative estimate of drug-likeness (QED) is 0.572. The first-order chi connectivity index (χ1) is 17.4. The largest absolute Gasteiger partial charge is 0.490 e. The molecule has 0 aliphatic carbocycles. The molecule has 0 bridgehead atoms. The van der Waals surface area contributed by atoms with E-state index in [4.69, 9.17) is 14.2 Å². The minimum Gasteiger partial charge on any atom is -0.490 e. The number of benzene rings is 1. The molecular formula is C26H32N4O6. The van der Waals surface area contributed by atoms with Crippen LogP contribution in [0.15, 0.2) is 42.7 Å². The number of nitrogens with one attached hydrogen (secondary N) is 2. The average molecular weight is 497 g/mol. The van der Waals surface area contributed by atoms with Crippen molar-refractivity contribution in [3.8, 4) is 5.75 Å². The summed E-state index contributed by atoms with van der Waals surface area (Å²) in [6.45, 7) is 0.726. The van der Waals surface area contributed by atoms with Crippen molar-refractivity contribution in [2.75, 3.05) is 39.2 Å². The van der Waals surface area contributed by atoms with Gasteiger partial charge in [0.2, 0.25) is 11.8 Å². The molecule has 3 amide bonds. The van der Waals surface area contributed by atoms with Crippen LogP contribution < -0.4 is 15.4 Å². The molecule has 2 aromatic rings. The topological polar surface area (TPSA) is 119 Å². The van der Waals surface area contributed by atoms with Gasteiger partial charge in [-0.1, -0.05) is 0 Å². The zero-order chi connectivity index (χ0) is 25.5. The van der Waals surface area contributed by atoms with Crippen LogP contribution in [0, 0.1) is 0 Å². The number of ether oxygens (including phenoxy) is 3. The molecule has 2 N–H and O–H groups in total. The van der Waals surface area contributed by atoms with Crippen molar-refractivity contribution in [2.45, 2.75) is 43.9 Å². The summed E-state index contributed by atoms with van der Waals surface area (Å²) in [6.07, 6.45) is 5.25. The average Bonchev–Trinajstić information content (AvgIpc) is 2.87. The third-order valence-corrected chi connectivity index (χ3v) is 6.47. The molecule has 0 spiro atoms. The summed E-state index contributed by atoms with van der Waals surface area (Å²) in [6, 6.07) is 8.65. The van der Waals surface area contributed by atoms with Gasteiger partial charge >= 0.3 is 0 Å². The van der Waals surface area contributed by atoms with Gasteiger partial charge in [-0.3, -0.25) is 19.4 Å². The lowest BCUT2D eigenvalue weighted by atomic mass is 9.94. The van der Waals surface area contributed by atoms with E-state index in [9.17, 15) is 14.4 Å². The predicted octanol–water partition coefficient (Wildman–Crippen LogP) is 1.80. The Morgan fingerprint density at radius 1 is 1.17 bits per heavy atom. The van der Waals surface area contributed by atoms with Crippen LogP contribution in [0.25, 0.3) is 0 Å². The first kappa shape index (κ1) is 25.6. The van der Waals surface area contributed by atoms with Gasteiger partial charge in [0.05, 0.1) is 24.1 Å². The number of hydrogen-bond donors (Lipinski definition) is 2. The van der Waals surface area contributed by atoms with Crippen molar-refractivity contribution in [3.05, 3.63) is 53.9 Å². The number of pyridine rings is 1. The monoisotopic (exact) mass is 496 g/mol. The lowest BCUT2D eigenvalue weighted by molar-refractivity contribution is -0.134. The van der Waals surface area contributed by atoms with Crippen molar-refractivity contribution in [3.63, 3.8) is 0 Å². The van der Waals surface area contributed by atoms with Gasteiger partial charge in [0.25, 0.3) is 5.91 Å². The number of aromatic nitrogens is 1. The Morgan fingerprint density at radius 2 is 1.97 bits per heavy atom. The van der Waals surface area contributed by atoms with E-state index in [-0.39, 0.29) is 55.6 Å². The van der Waals surface area contributed by atoms with E-state index in [1.807, 2.05) is 12.1 Å². The first-order valence-electron chi connectivity index (χ1n) is 12.1. The maximum atomic E-state index is 13.3. The number of amides is 3. The van der Waals surface area contributed by atoms with Crippen LogP contribution in [0.1, 0.15) is 35.2 Å². The van der Waals surface area contributed by atoms with Gasteiger partial charge in [-0.2, -0.15) is 0 Å². The molecule has 1 aromatic carbocycles. The van der Waals surface area contributed by atoms with Gasteiger partial charge in [-0.25, -0.2) is 0 Å². The number of anilines is 1. The maximum Gasteiger partial charge on any atom is 0.257 e. The van der Waals surface area contributed by atoms with E-state index >= 15 is 0 Å². The van der Waals surface area contributed by atoms with Crippen LogP contribution in [-0.4, -0.2) is 79.8 Å². The normalized spacial score (nSPS) is 21.3. The van der Waals surface area contributed by atoms with Crippen LogP contribution in [-0.2, 0) is 25.5 Å². The van der Waals surface area contributed by atoms with Crippen LogP contribution in [0.2, 0.25) is 0 Å². The molecule has 4 rings (SSSR count). The Bertz CT molecular complexity index is 1080. The summed E-state index contributed by atoms with van der Waals surface area (Å²) < 4.78 is 17.1. The third-order valence-electron chi connectivity index (χ3n) is 6.47. The van der Waals surface area contributed by atoms with Crippen LogP contribution in [0.5, 0.6) is 5.75 Å². The van der Waals surface area contributed by atoms with E-state index in [2.05, 4.69) is 15.6 Å². The van der Waals surface area contributed by atoms with E-state index in [0.29, 0.717) is 36.4 Å². The number of methoxy groups -OCH3 is 1. The molecule has 0 saturated carbocycles. The molecule has 1 fully saturated rings. The Labute approximate surface area is 210 Å². The summed E-state index contributed by atoms with van der Waals surface area (Å²) >= 11 is 0. The number of nitrogens with zero attached hydrogens (tertiary/aromatic N) is 2. The molecule has 10 heteroatoms. The van der Waals surface area contributed by atoms with Crippen LogP contribution in [0.4, 0.5) is 5.69 Å². The van der Waals surface area contributed by atoms with Gasteiger partial charge < -0.3 is 29.7 Å². The second-order valence-corrected chi connectivity index (χ2v) is 9.02. The summed E-state index contributed by atoms with van der Waals surface area (Å²) in [5, 5.41) is 5.67. The summed E-state index contributed by atoms with van der Waals surface area (Å²) in [5.74, 6) is -0.150. The Kier molecular flexibility index (Phi) is 8.50. The lowest BCUT2D eigenvalue weighted by Crippen LogP contribution is -2.54. The SMILES string of the molecule is COCC(=O)Nc1ccc2c(c1)C(=O)N(C)[C@@H]1CC[C@@H](CC(=O)NCCc3ccncc3)O[C@@H]1CO2. The lowest BCUT2D eigenvalue weighted by Gasteiger charge is -2.42. The van der Waals surface area contributed by atoms with Crippen molar-refractivity contribution in [2.24, 2.45) is 0 Å². The molecule has 2 aliphatic rings. The van der Waals surface area contributed by atoms with Crippen molar-refractivity contribution >= 4 is 23.4 Å². The minimum absolute atomic E-state index is 0.0582. The standard InChI is InChI=1S/C26H32N4O6/c1-30-21-5-4-19(14-24(31)28-12-9-17-7-10-27-11-8-17)36-23(21)15-35-22-6-3-18(13-20(22)26(30)33)29-25(32)16-34-2/h3,6-8,10-11,13,19,21,23H,4-5,9,12,14-16H2,1-2H3,(H,28,31)(H,29,32)/t19-,21+,23+/m0/s1. The van der Waals surface area contributed by atoms with Crippen molar-refractivity contribution < 1.29 is 28.6 Å². The smallest absolute Gasteiger partial charge is 0.257 e. The molecule has 1 saturated heterocycles. The molecule has 192 valence electrons. The summed E-state index contributed by atoms with van der Waals surface area (Å²) in [5.41, 5.74) is 1.99. The highest BCUT2D eigenvalue weighted by molar-refractivity contribution is 6.00. The fourth-order valence-electron chi connectivity index (χ4n) is 4.61. The van der Waals surface area contributed by atoms with Gasteiger partial charge in [0.15, 0.2) is 0 Å². The number of rotatable bonds is 8. The van der Waals surface area contributed by atoms with Gasteiger partial charge in [-0.05, 0) is 55.2 Å². The number of fused-ring (bicyclic) bond motifs is 2. The van der Waals surface area contributed by atoms with Gasteiger partial charge in [0.1, 0.15) is 25.1 Å². The highest BCUT2D eigenvalue weighted by Gasteiger charge is 2.39. The molecule has 0 radical (unpaired) electrons. The summed E-state index contributed by atoms with van der Waals surface area (Å²) in [7, 11) is 3.19. The van der Waals surface area contributed by atoms with Crippen molar-refractivity contribution in [1.82, 2.24) is 15.2 Å². The molecule has 3 atom stereocenters. The number of carbonyl (C=O) groups is 3. The van der Waals surface area contributed by atoms with Crippen molar-refractivity contribution in [1.29, 1.82) is 0 Å².